The molecule has 6 nitrogen and oxygen atoms in total. The maximum absolute atomic E-state index is 11.9. The smallest absolute Gasteiger partial charge is 0.303 e. The highest BCUT2D eigenvalue weighted by atomic mass is 32.2. The van der Waals surface area contributed by atoms with E-state index in [0.717, 1.165) is 0 Å². The van der Waals surface area contributed by atoms with Gasteiger partial charge < -0.3 is 5.11 Å². The summed E-state index contributed by atoms with van der Waals surface area (Å²) in [5, 5.41) is 8.90. The van der Waals surface area contributed by atoms with Crippen molar-refractivity contribution in [3.63, 3.8) is 0 Å². The van der Waals surface area contributed by atoms with E-state index in [4.69, 9.17) is 5.11 Å². The van der Waals surface area contributed by atoms with Crippen LogP contribution in [-0.2, 0) is 10.2 Å². The van der Waals surface area contributed by atoms with Gasteiger partial charge in [0.2, 0.25) is 0 Å². The normalized spacial score (nSPS) is 11.2. The van der Waals surface area contributed by atoms with Crippen molar-refractivity contribution in [1.82, 2.24) is 9.29 Å². The number of rotatable bonds is 6. The standard InChI is InChI=1S/C11H17N3O3S2/c1-3-14(4-2)19(16,17)13-11-12-9-10(18-11)7-5-6-8-15/h9,15H,3-4,6,8H2,1-2H3,(H,12,13). The van der Waals surface area contributed by atoms with Gasteiger partial charge in [0.1, 0.15) is 0 Å². The second-order valence-electron chi connectivity index (χ2n) is 3.50. The van der Waals surface area contributed by atoms with Crippen molar-refractivity contribution in [1.29, 1.82) is 0 Å². The molecule has 2 N–H and O–H groups in total. The van der Waals surface area contributed by atoms with Crippen LogP contribution in [0.2, 0.25) is 0 Å². The van der Waals surface area contributed by atoms with E-state index >= 15 is 0 Å². The fraction of sp³-hybridized carbons (Fsp3) is 0.545. The summed E-state index contributed by atoms with van der Waals surface area (Å²) in [5.41, 5.74) is 0. The molecule has 1 heterocycles. The molecule has 0 aromatic carbocycles. The maximum atomic E-state index is 11.9. The number of hydrogen-bond acceptors (Lipinski definition) is 5. The summed E-state index contributed by atoms with van der Waals surface area (Å²) in [7, 11) is -3.54. The van der Waals surface area contributed by atoms with E-state index in [9.17, 15) is 8.42 Å². The highest BCUT2D eigenvalue weighted by molar-refractivity contribution is 7.90. The number of hydrogen-bond donors (Lipinski definition) is 2. The van der Waals surface area contributed by atoms with E-state index in [2.05, 4.69) is 21.5 Å². The third-order valence-electron chi connectivity index (χ3n) is 2.22. The summed E-state index contributed by atoms with van der Waals surface area (Å²) < 4.78 is 27.6. The third kappa shape index (κ3) is 4.80. The number of nitrogens with one attached hydrogen (secondary N) is 1. The van der Waals surface area contributed by atoms with Crippen molar-refractivity contribution >= 4 is 26.7 Å². The van der Waals surface area contributed by atoms with E-state index < -0.39 is 10.2 Å². The van der Waals surface area contributed by atoms with Gasteiger partial charge in [0.25, 0.3) is 0 Å². The monoisotopic (exact) mass is 303 g/mol. The van der Waals surface area contributed by atoms with E-state index in [-0.39, 0.29) is 6.61 Å². The molecule has 1 aromatic rings. The molecular formula is C11H17N3O3S2. The first-order valence-electron chi connectivity index (χ1n) is 5.87. The number of anilines is 1. The lowest BCUT2D eigenvalue weighted by atomic mass is 10.4. The van der Waals surface area contributed by atoms with Crippen LogP contribution in [0.25, 0.3) is 0 Å². The zero-order chi connectivity index (χ0) is 14.3. The van der Waals surface area contributed by atoms with Crippen LogP contribution < -0.4 is 4.72 Å². The summed E-state index contributed by atoms with van der Waals surface area (Å²) >= 11 is 1.17. The predicted molar refractivity (Wildman–Crippen MR) is 76.2 cm³/mol. The molecule has 19 heavy (non-hydrogen) atoms. The van der Waals surface area contributed by atoms with E-state index in [1.165, 1.54) is 21.8 Å². The molecule has 0 bridgehead atoms. The van der Waals surface area contributed by atoms with Crippen LogP contribution in [0, 0.1) is 11.8 Å². The fourth-order valence-corrected chi connectivity index (χ4v) is 3.43. The highest BCUT2D eigenvalue weighted by Crippen LogP contribution is 2.19. The Hall–Kier alpha value is -1.14. The molecule has 0 spiro atoms. The van der Waals surface area contributed by atoms with Gasteiger partial charge in [-0.2, -0.15) is 12.7 Å². The average Bonchev–Trinajstić information content (AvgIpc) is 2.77. The maximum Gasteiger partial charge on any atom is 0.303 e. The summed E-state index contributed by atoms with van der Waals surface area (Å²) in [4.78, 5) is 4.63. The van der Waals surface area contributed by atoms with E-state index in [0.29, 0.717) is 29.5 Å². The van der Waals surface area contributed by atoms with Crippen molar-refractivity contribution < 1.29 is 13.5 Å². The van der Waals surface area contributed by atoms with Crippen LogP contribution in [0.5, 0.6) is 0 Å². The Morgan fingerprint density at radius 1 is 1.47 bits per heavy atom. The molecule has 1 aromatic heterocycles. The Morgan fingerprint density at radius 3 is 2.74 bits per heavy atom. The minimum Gasteiger partial charge on any atom is -0.395 e. The molecule has 0 amide bonds. The number of nitrogens with zero attached hydrogens (tertiary/aromatic N) is 2. The second-order valence-corrected chi connectivity index (χ2v) is 6.20. The van der Waals surface area contributed by atoms with Crippen molar-refractivity contribution in [2.24, 2.45) is 0 Å². The Morgan fingerprint density at radius 2 is 2.16 bits per heavy atom. The Labute approximate surface area is 117 Å². The number of thiazole rings is 1. The molecule has 0 saturated carbocycles. The molecular weight excluding hydrogens is 286 g/mol. The summed E-state index contributed by atoms with van der Waals surface area (Å²) in [5.74, 6) is 5.56. The average molecular weight is 303 g/mol. The van der Waals surface area contributed by atoms with Crippen LogP contribution in [0.15, 0.2) is 6.20 Å². The number of aliphatic hydroxyl groups is 1. The Bertz CT molecular complexity index is 553. The topological polar surface area (TPSA) is 82.5 Å². The van der Waals surface area contributed by atoms with Crippen LogP contribution in [0.4, 0.5) is 5.13 Å². The first kappa shape index (κ1) is 15.9. The van der Waals surface area contributed by atoms with Crippen LogP contribution in [0.3, 0.4) is 0 Å². The van der Waals surface area contributed by atoms with Gasteiger partial charge in [0, 0.05) is 19.5 Å². The first-order chi connectivity index (χ1) is 9.03. The van der Waals surface area contributed by atoms with Gasteiger partial charge in [-0.25, -0.2) is 9.71 Å². The zero-order valence-corrected chi connectivity index (χ0v) is 12.5. The van der Waals surface area contributed by atoms with Gasteiger partial charge >= 0.3 is 10.2 Å². The Kier molecular flexibility index (Phi) is 6.24. The molecule has 106 valence electrons. The highest BCUT2D eigenvalue weighted by Gasteiger charge is 2.19. The van der Waals surface area contributed by atoms with Crippen LogP contribution in [-0.4, -0.2) is 42.5 Å². The lowest BCUT2D eigenvalue weighted by Crippen LogP contribution is -2.35. The molecule has 0 fully saturated rings. The molecule has 0 aliphatic heterocycles. The van der Waals surface area contributed by atoms with Crippen LogP contribution >= 0.6 is 11.3 Å². The molecule has 0 unspecified atom stereocenters. The molecule has 0 aliphatic carbocycles. The van der Waals surface area contributed by atoms with Crippen molar-refractivity contribution in [2.75, 3.05) is 24.4 Å². The first-order valence-corrected chi connectivity index (χ1v) is 8.12. The predicted octanol–water partition coefficient (Wildman–Crippen LogP) is 0.875. The molecule has 0 aliphatic rings. The molecule has 0 saturated heterocycles. The lowest BCUT2D eigenvalue weighted by Gasteiger charge is -2.17. The number of aliphatic hydroxyl groups excluding tert-OH is 1. The molecule has 0 atom stereocenters. The van der Waals surface area contributed by atoms with Crippen molar-refractivity contribution in [3.8, 4) is 11.8 Å². The summed E-state index contributed by atoms with van der Waals surface area (Å²) in [6, 6.07) is 0. The largest absolute Gasteiger partial charge is 0.395 e. The minimum absolute atomic E-state index is 0.00719. The van der Waals surface area contributed by atoms with Gasteiger partial charge in [-0.05, 0) is 0 Å². The molecule has 8 heteroatoms. The molecule has 1 rings (SSSR count). The van der Waals surface area contributed by atoms with E-state index in [1.54, 1.807) is 13.8 Å². The van der Waals surface area contributed by atoms with Crippen molar-refractivity contribution in [3.05, 3.63) is 11.1 Å². The lowest BCUT2D eigenvalue weighted by molar-refractivity contribution is 0.305. The van der Waals surface area contributed by atoms with Gasteiger partial charge in [-0.1, -0.05) is 37.0 Å². The van der Waals surface area contributed by atoms with E-state index in [1.807, 2.05) is 0 Å². The zero-order valence-electron chi connectivity index (χ0n) is 10.9. The quantitative estimate of drug-likeness (QED) is 0.764. The molecule has 0 radical (unpaired) electrons. The van der Waals surface area contributed by atoms with Gasteiger partial charge in [-0.15, -0.1) is 0 Å². The van der Waals surface area contributed by atoms with Crippen molar-refractivity contribution in [2.45, 2.75) is 20.3 Å². The fourth-order valence-electron chi connectivity index (χ4n) is 1.32. The van der Waals surface area contributed by atoms with Gasteiger partial charge in [0.15, 0.2) is 5.13 Å². The van der Waals surface area contributed by atoms with Crippen LogP contribution in [0.1, 0.15) is 25.1 Å². The minimum atomic E-state index is -3.54. The van der Waals surface area contributed by atoms with Gasteiger partial charge in [-0.3, -0.25) is 0 Å². The summed E-state index contributed by atoms with van der Waals surface area (Å²) in [6.07, 6.45) is 1.90. The number of aromatic nitrogens is 1. The summed E-state index contributed by atoms with van der Waals surface area (Å²) in [6.45, 7) is 4.36. The third-order valence-corrected chi connectivity index (χ3v) is 4.82. The second kappa shape index (κ2) is 7.45. The van der Waals surface area contributed by atoms with Gasteiger partial charge in [0.05, 0.1) is 17.7 Å². The Balaban J connectivity index is 2.76. The SMILES string of the molecule is CCN(CC)S(=O)(=O)Nc1ncc(C#CCCO)s1.